The van der Waals surface area contributed by atoms with Crippen LogP contribution in [0.4, 0.5) is 0 Å². The molecule has 0 aliphatic heterocycles. The average molecular weight is 311 g/mol. The molecule has 4 nitrogen and oxygen atoms in total. The molecular weight excluding hydrogens is 296 g/mol. The summed E-state index contributed by atoms with van der Waals surface area (Å²) in [5, 5.41) is 0. The second-order valence-corrected chi connectivity index (χ2v) is 7.83. The van der Waals surface area contributed by atoms with Crippen LogP contribution in [0, 0.1) is 16.7 Å². The fourth-order valence-electron chi connectivity index (χ4n) is 3.46. The number of alkyl halides is 1. The number of ketones is 1. The summed E-state index contributed by atoms with van der Waals surface area (Å²) in [5.74, 6) is -0.239. The molecule has 92 valence electrons. The van der Waals surface area contributed by atoms with Crippen LogP contribution in [0.5, 0.6) is 0 Å². The molecular formula is C10H15BrO4S. The molecule has 0 radical (unpaired) electrons. The van der Waals surface area contributed by atoms with E-state index in [1.165, 1.54) is 0 Å². The predicted molar refractivity (Wildman–Crippen MR) is 63.1 cm³/mol. The maximum atomic E-state index is 12.1. The Balaban J connectivity index is 2.47. The van der Waals surface area contributed by atoms with E-state index < -0.39 is 20.9 Å². The van der Waals surface area contributed by atoms with E-state index in [1.54, 1.807) is 6.92 Å². The van der Waals surface area contributed by atoms with E-state index in [0.29, 0.717) is 6.42 Å². The molecule has 16 heavy (non-hydrogen) atoms. The molecule has 0 spiro atoms. The van der Waals surface area contributed by atoms with E-state index in [4.69, 9.17) is 4.55 Å². The van der Waals surface area contributed by atoms with Crippen molar-refractivity contribution >= 4 is 31.8 Å². The summed E-state index contributed by atoms with van der Waals surface area (Å²) in [6, 6.07) is 0. The zero-order valence-electron chi connectivity index (χ0n) is 9.23. The molecule has 2 fully saturated rings. The molecule has 0 aromatic heterocycles. The highest BCUT2D eigenvalue weighted by molar-refractivity contribution is 9.10. The van der Waals surface area contributed by atoms with E-state index in [9.17, 15) is 13.2 Å². The first-order valence-electron chi connectivity index (χ1n) is 5.25. The molecule has 0 aromatic carbocycles. The Morgan fingerprint density at radius 1 is 1.50 bits per heavy atom. The standard InChI is InChI=1S/C10H15BrO4S/c1-9-4-3-6(7(11)8(9)12)10(9,2)5-16(13,14)15/h6-7H,3-5H2,1-2H3,(H,13,14,15)/t6-,7+,9+,10?/m1/s1. The summed E-state index contributed by atoms with van der Waals surface area (Å²) >= 11 is 3.35. The second-order valence-electron chi connectivity index (χ2n) is 5.39. The van der Waals surface area contributed by atoms with Gasteiger partial charge in [0.05, 0.1) is 10.6 Å². The maximum absolute atomic E-state index is 12.1. The molecule has 2 aliphatic carbocycles. The zero-order chi connectivity index (χ0) is 12.4. The van der Waals surface area contributed by atoms with Gasteiger partial charge in [0.2, 0.25) is 0 Å². The van der Waals surface area contributed by atoms with Gasteiger partial charge < -0.3 is 0 Å². The lowest BCUT2D eigenvalue weighted by Crippen LogP contribution is -2.40. The fraction of sp³-hybridized carbons (Fsp3) is 0.900. The molecule has 0 saturated heterocycles. The third-order valence-corrected chi connectivity index (χ3v) is 6.68. The van der Waals surface area contributed by atoms with Gasteiger partial charge >= 0.3 is 0 Å². The first kappa shape index (κ1) is 12.5. The number of Topliss-reactive ketones (excluding diaryl/α,β-unsaturated/α-hetero) is 1. The summed E-state index contributed by atoms with van der Waals surface area (Å²) in [4.78, 5) is 11.8. The van der Waals surface area contributed by atoms with E-state index in [2.05, 4.69) is 15.9 Å². The van der Waals surface area contributed by atoms with Gasteiger partial charge in [0.25, 0.3) is 10.1 Å². The lowest BCUT2D eigenvalue weighted by Gasteiger charge is -2.35. The third kappa shape index (κ3) is 1.42. The van der Waals surface area contributed by atoms with Crippen molar-refractivity contribution < 1.29 is 17.8 Å². The lowest BCUT2D eigenvalue weighted by atomic mass is 9.70. The van der Waals surface area contributed by atoms with Gasteiger partial charge in [-0.05, 0) is 18.8 Å². The first-order chi connectivity index (χ1) is 7.12. The molecule has 2 saturated carbocycles. The van der Waals surface area contributed by atoms with Gasteiger partial charge in [0.1, 0.15) is 0 Å². The summed E-state index contributed by atoms with van der Waals surface area (Å²) in [5.41, 5.74) is -1.27. The molecule has 0 aromatic rings. The van der Waals surface area contributed by atoms with Crippen LogP contribution in [0.1, 0.15) is 26.7 Å². The zero-order valence-corrected chi connectivity index (χ0v) is 11.6. The quantitative estimate of drug-likeness (QED) is 0.622. The summed E-state index contributed by atoms with van der Waals surface area (Å²) in [6.45, 7) is 3.62. The Morgan fingerprint density at radius 2 is 2.06 bits per heavy atom. The Kier molecular flexibility index (Phi) is 2.58. The SMILES string of the molecule is CC1(CS(=O)(=O)O)[C@@H]2CC[C@@]1(C)C(=O)[C@H]2Br. The predicted octanol–water partition coefficient (Wildman–Crippen LogP) is 1.64. The number of carbonyl (C=O) groups excluding carboxylic acids is 1. The molecule has 4 atom stereocenters. The van der Waals surface area contributed by atoms with Crippen LogP contribution in [-0.2, 0) is 14.9 Å². The summed E-state index contributed by atoms with van der Waals surface area (Å²) in [6.07, 6.45) is 1.55. The molecule has 1 unspecified atom stereocenters. The topological polar surface area (TPSA) is 71.4 Å². The van der Waals surface area contributed by atoms with Crippen LogP contribution >= 0.6 is 15.9 Å². The van der Waals surface area contributed by atoms with Crippen LogP contribution in [0.15, 0.2) is 0 Å². The van der Waals surface area contributed by atoms with Crippen molar-refractivity contribution in [2.75, 3.05) is 5.75 Å². The summed E-state index contributed by atoms with van der Waals surface area (Å²) < 4.78 is 31.2. The average Bonchev–Trinajstić information content (AvgIpc) is 2.40. The van der Waals surface area contributed by atoms with E-state index in [1.807, 2.05) is 6.92 Å². The summed E-state index contributed by atoms with van der Waals surface area (Å²) in [7, 11) is -4.05. The van der Waals surface area contributed by atoms with Crippen molar-refractivity contribution in [3.8, 4) is 0 Å². The number of halogens is 1. The molecule has 0 amide bonds. The van der Waals surface area contributed by atoms with Crippen molar-refractivity contribution in [2.45, 2.75) is 31.5 Å². The van der Waals surface area contributed by atoms with Crippen LogP contribution in [-0.4, -0.2) is 29.3 Å². The van der Waals surface area contributed by atoms with Crippen molar-refractivity contribution in [3.63, 3.8) is 0 Å². The van der Waals surface area contributed by atoms with Crippen LogP contribution in [0.3, 0.4) is 0 Å². The van der Waals surface area contributed by atoms with Crippen LogP contribution < -0.4 is 0 Å². The minimum atomic E-state index is -4.05. The first-order valence-corrected chi connectivity index (χ1v) is 7.78. The van der Waals surface area contributed by atoms with Crippen molar-refractivity contribution in [2.24, 2.45) is 16.7 Å². The molecule has 2 aliphatic rings. The normalized spacial score (nSPS) is 47.6. The Bertz CT molecular complexity index is 446. The van der Waals surface area contributed by atoms with Gasteiger partial charge in [0, 0.05) is 10.8 Å². The van der Waals surface area contributed by atoms with Crippen molar-refractivity contribution in [1.82, 2.24) is 0 Å². The smallest absolute Gasteiger partial charge is 0.265 e. The second kappa shape index (κ2) is 3.29. The minimum Gasteiger partial charge on any atom is -0.298 e. The van der Waals surface area contributed by atoms with Gasteiger partial charge in [-0.25, -0.2) is 0 Å². The van der Waals surface area contributed by atoms with Crippen LogP contribution in [0.2, 0.25) is 0 Å². The van der Waals surface area contributed by atoms with E-state index in [0.717, 1.165) is 6.42 Å². The van der Waals surface area contributed by atoms with Gasteiger partial charge in [-0.3, -0.25) is 9.35 Å². The maximum Gasteiger partial charge on any atom is 0.265 e. The number of hydrogen-bond donors (Lipinski definition) is 1. The van der Waals surface area contributed by atoms with Crippen molar-refractivity contribution in [1.29, 1.82) is 0 Å². The molecule has 6 heteroatoms. The molecule has 0 heterocycles. The highest BCUT2D eigenvalue weighted by Crippen LogP contribution is 2.65. The lowest BCUT2D eigenvalue weighted by molar-refractivity contribution is -0.127. The highest BCUT2D eigenvalue weighted by atomic mass is 79.9. The Hall–Kier alpha value is 0.0600. The Labute approximate surface area is 104 Å². The van der Waals surface area contributed by atoms with E-state index >= 15 is 0 Å². The number of hydrogen-bond acceptors (Lipinski definition) is 3. The van der Waals surface area contributed by atoms with E-state index in [-0.39, 0.29) is 22.3 Å². The molecule has 2 bridgehead atoms. The molecule has 2 rings (SSSR count). The fourth-order valence-corrected chi connectivity index (χ4v) is 6.11. The van der Waals surface area contributed by atoms with Gasteiger partial charge in [-0.2, -0.15) is 8.42 Å². The minimum absolute atomic E-state index is 0.00641. The monoisotopic (exact) mass is 310 g/mol. The number of fused-ring (bicyclic) bond motifs is 2. The third-order valence-electron chi connectivity index (χ3n) is 4.66. The highest BCUT2D eigenvalue weighted by Gasteiger charge is 2.68. The van der Waals surface area contributed by atoms with Gasteiger partial charge in [-0.1, -0.05) is 29.8 Å². The number of rotatable bonds is 2. The Morgan fingerprint density at radius 3 is 2.44 bits per heavy atom. The van der Waals surface area contributed by atoms with Gasteiger partial charge in [-0.15, -0.1) is 0 Å². The van der Waals surface area contributed by atoms with Crippen LogP contribution in [0.25, 0.3) is 0 Å². The number of carbonyl (C=O) groups is 1. The van der Waals surface area contributed by atoms with Crippen molar-refractivity contribution in [3.05, 3.63) is 0 Å². The van der Waals surface area contributed by atoms with Gasteiger partial charge in [0.15, 0.2) is 5.78 Å². The largest absolute Gasteiger partial charge is 0.298 e. The molecule has 1 N–H and O–H groups in total.